The molecule has 0 aliphatic carbocycles. The van der Waals surface area contributed by atoms with Crippen LogP contribution in [0.1, 0.15) is 0 Å². The van der Waals surface area contributed by atoms with Gasteiger partial charge in [0.25, 0.3) is 5.91 Å². The first-order valence-electron chi connectivity index (χ1n) is 4.38. The van der Waals surface area contributed by atoms with Crippen molar-refractivity contribution in [3.63, 3.8) is 0 Å². The maximum Gasteiger partial charge on any atom is 0.255 e. The Balaban J connectivity index is 2.26. The molecule has 2 rings (SSSR count). The molecule has 1 aromatic carbocycles. The third kappa shape index (κ3) is 2.19. The van der Waals surface area contributed by atoms with Crippen molar-refractivity contribution in [2.24, 2.45) is 5.73 Å². The van der Waals surface area contributed by atoms with Gasteiger partial charge in [0.05, 0.1) is 17.2 Å². The van der Waals surface area contributed by atoms with Gasteiger partial charge in [0.2, 0.25) is 5.88 Å². The van der Waals surface area contributed by atoms with Gasteiger partial charge in [-0.1, -0.05) is 12.1 Å². The first-order chi connectivity index (χ1) is 7.25. The Hall–Kier alpha value is -2.17. The molecule has 0 bridgehead atoms. The fourth-order valence-electron chi connectivity index (χ4n) is 1.15. The fourth-order valence-corrected chi connectivity index (χ4v) is 1.15. The van der Waals surface area contributed by atoms with Gasteiger partial charge in [-0.25, -0.2) is 9.97 Å². The summed E-state index contributed by atoms with van der Waals surface area (Å²) in [5, 5.41) is 0. The lowest BCUT2D eigenvalue weighted by Gasteiger charge is -2.02. The van der Waals surface area contributed by atoms with Crippen molar-refractivity contribution < 1.29 is 9.53 Å². The molecule has 5 heteroatoms. The second-order valence-corrected chi connectivity index (χ2v) is 2.95. The number of nitrogens with two attached hydrogens (primary N) is 1. The van der Waals surface area contributed by atoms with Gasteiger partial charge in [-0.15, -0.1) is 0 Å². The largest absolute Gasteiger partial charge is 0.466 e. The smallest absolute Gasteiger partial charge is 0.255 e. The summed E-state index contributed by atoms with van der Waals surface area (Å²) in [7, 11) is 0. The Kier molecular flexibility index (Phi) is 2.45. The van der Waals surface area contributed by atoms with E-state index in [-0.39, 0.29) is 6.61 Å². The third-order valence-electron chi connectivity index (χ3n) is 1.79. The number of benzene rings is 1. The molecule has 1 amide bonds. The average Bonchev–Trinajstić information content (AvgIpc) is 2.26. The molecule has 0 saturated heterocycles. The molecule has 2 aromatic rings. The van der Waals surface area contributed by atoms with Crippen LogP contribution >= 0.6 is 0 Å². The van der Waals surface area contributed by atoms with Gasteiger partial charge >= 0.3 is 0 Å². The van der Waals surface area contributed by atoms with Crippen molar-refractivity contribution in [2.75, 3.05) is 6.61 Å². The highest BCUT2D eigenvalue weighted by atomic mass is 16.5. The highest BCUT2D eigenvalue weighted by Gasteiger charge is 2.01. The lowest BCUT2D eigenvalue weighted by atomic mass is 10.3. The quantitative estimate of drug-likeness (QED) is 0.787. The number of amides is 1. The minimum Gasteiger partial charge on any atom is -0.466 e. The Morgan fingerprint density at radius 2 is 2.07 bits per heavy atom. The maximum absolute atomic E-state index is 10.5. The summed E-state index contributed by atoms with van der Waals surface area (Å²) in [5.74, 6) is -0.238. The van der Waals surface area contributed by atoms with E-state index in [9.17, 15) is 4.79 Å². The summed E-state index contributed by atoms with van der Waals surface area (Å²) in [4.78, 5) is 18.8. The van der Waals surface area contributed by atoms with Crippen LogP contribution in [-0.4, -0.2) is 22.5 Å². The van der Waals surface area contributed by atoms with Crippen LogP contribution in [0.4, 0.5) is 0 Å². The van der Waals surface area contributed by atoms with Crippen LogP contribution in [0.2, 0.25) is 0 Å². The molecular formula is C10H9N3O2. The standard InChI is InChI=1S/C10H9N3O2/c11-9(14)6-15-10-5-12-7-3-1-2-4-8(7)13-10/h1-5H,6H2,(H2,11,14). The van der Waals surface area contributed by atoms with E-state index < -0.39 is 5.91 Å². The van der Waals surface area contributed by atoms with Gasteiger partial charge in [-0.2, -0.15) is 0 Å². The second-order valence-electron chi connectivity index (χ2n) is 2.95. The number of hydrogen-bond acceptors (Lipinski definition) is 4. The number of ether oxygens (including phenoxy) is 1. The zero-order chi connectivity index (χ0) is 10.7. The number of nitrogens with zero attached hydrogens (tertiary/aromatic N) is 2. The topological polar surface area (TPSA) is 78.1 Å². The van der Waals surface area contributed by atoms with Crippen molar-refractivity contribution >= 4 is 16.9 Å². The molecule has 0 aliphatic rings. The molecule has 2 N–H and O–H groups in total. The van der Waals surface area contributed by atoms with E-state index in [1.54, 1.807) is 0 Å². The number of para-hydroxylation sites is 2. The number of aromatic nitrogens is 2. The van der Waals surface area contributed by atoms with Crippen molar-refractivity contribution in [1.29, 1.82) is 0 Å². The second kappa shape index (κ2) is 3.91. The number of primary amides is 1. The van der Waals surface area contributed by atoms with E-state index in [1.807, 2.05) is 24.3 Å². The summed E-state index contributed by atoms with van der Waals surface area (Å²) in [5.41, 5.74) is 6.44. The molecule has 1 aromatic heterocycles. The van der Waals surface area contributed by atoms with Crippen LogP contribution < -0.4 is 10.5 Å². The van der Waals surface area contributed by atoms with Crippen LogP contribution in [0, 0.1) is 0 Å². The number of hydrogen-bond donors (Lipinski definition) is 1. The van der Waals surface area contributed by atoms with Crippen LogP contribution in [0.25, 0.3) is 11.0 Å². The average molecular weight is 203 g/mol. The summed E-state index contributed by atoms with van der Waals surface area (Å²) < 4.78 is 5.03. The maximum atomic E-state index is 10.5. The van der Waals surface area contributed by atoms with Crippen molar-refractivity contribution in [3.8, 4) is 5.88 Å². The molecule has 0 aliphatic heterocycles. The van der Waals surface area contributed by atoms with E-state index in [4.69, 9.17) is 10.5 Å². The van der Waals surface area contributed by atoms with Crippen LogP contribution in [0.3, 0.4) is 0 Å². The first kappa shape index (κ1) is 9.39. The highest BCUT2D eigenvalue weighted by Crippen LogP contribution is 2.12. The molecule has 1 heterocycles. The Morgan fingerprint density at radius 3 is 2.80 bits per heavy atom. The number of carbonyl (C=O) groups excluding carboxylic acids is 1. The minimum absolute atomic E-state index is 0.187. The predicted octanol–water partition coefficient (Wildman–Crippen LogP) is 0.494. The normalized spacial score (nSPS) is 10.1. The van der Waals surface area contributed by atoms with Gasteiger partial charge in [-0.3, -0.25) is 4.79 Å². The van der Waals surface area contributed by atoms with Crippen LogP contribution in [-0.2, 0) is 4.79 Å². The first-order valence-corrected chi connectivity index (χ1v) is 4.38. The number of fused-ring (bicyclic) bond motifs is 1. The lowest BCUT2D eigenvalue weighted by molar-refractivity contribution is -0.120. The van der Waals surface area contributed by atoms with Gasteiger partial charge in [0, 0.05) is 0 Å². The molecule has 5 nitrogen and oxygen atoms in total. The zero-order valence-corrected chi connectivity index (χ0v) is 7.88. The highest BCUT2D eigenvalue weighted by molar-refractivity contribution is 5.76. The minimum atomic E-state index is -0.537. The summed E-state index contributed by atoms with van der Waals surface area (Å²) in [6, 6.07) is 7.40. The van der Waals surface area contributed by atoms with Gasteiger partial charge in [0.15, 0.2) is 6.61 Å². The van der Waals surface area contributed by atoms with E-state index in [0.29, 0.717) is 5.88 Å². The summed E-state index contributed by atoms with van der Waals surface area (Å²) in [6.45, 7) is -0.187. The van der Waals surface area contributed by atoms with Gasteiger partial charge in [-0.05, 0) is 12.1 Å². The van der Waals surface area contributed by atoms with Crippen LogP contribution in [0.15, 0.2) is 30.5 Å². The molecule has 76 valence electrons. The molecule has 0 saturated carbocycles. The molecule has 15 heavy (non-hydrogen) atoms. The molecule has 0 unspecified atom stereocenters. The predicted molar refractivity (Wildman–Crippen MR) is 54.2 cm³/mol. The Morgan fingerprint density at radius 1 is 1.33 bits per heavy atom. The zero-order valence-electron chi connectivity index (χ0n) is 7.88. The van der Waals surface area contributed by atoms with Crippen LogP contribution in [0.5, 0.6) is 5.88 Å². The van der Waals surface area contributed by atoms with E-state index in [1.165, 1.54) is 6.20 Å². The fraction of sp³-hybridized carbons (Fsp3) is 0.100. The molecular weight excluding hydrogens is 194 g/mol. The SMILES string of the molecule is NC(=O)COc1cnc2ccccc2n1. The van der Waals surface area contributed by atoms with Crippen molar-refractivity contribution in [3.05, 3.63) is 30.5 Å². The Labute approximate surface area is 85.9 Å². The molecule has 0 radical (unpaired) electrons. The Bertz CT molecular complexity index is 499. The molecule has 0 spiro atoms. The van der Waals surface area contributed by atoms with E-state index in [2.05, 4.69) is 9.97 Å². The number of rotatable bonds is 3. The monoisotopic (exact) mass is 203 g/mol. The van der Waals surface area contributed by atoms with Gasteiger partial charge in [0.1, 0.15) is 0 Å². The third-order valence-corrected chi connectivity index (χ3v) is 1.79. The van der Waals surface area contributed by atoms with Crippen molar-refractivity contribution in [2.45, 2.75) is 0 Å². The van der Waals surface area contributed by atoms with Gasteiger partial charge < -0.3 is 10.5 Å². The van der Waals surface area contributed by atoms with E-state index in [0.717, 1.165) is 11.0 Å². The van der Waals surface area contributed by atoms with Crippen molar-refractivity contribution in [1.82, 2.24) is 9.97 Å². The molecule has 0 atom stereocenters. The summed E-state index contributed by atoms with van der Waals surface area (Å²) >= 11 is 0. The molecule has 0 fully saturated rings. The lowest BCUT2D eigenvalue weighted by Crippen LogP contribution is -2.20. The van der Waals surface area contributed by atoms with E-state index >= 15 is 0 Å². The number of carbonyl (C=O) groups is 1. The summed E-state index contributed by atoms with van der Waals surface area (Å²) in [6.07, 6.45) is 1.46.